The number of ether oxygens (including phenoxy) is 3. The molecule has 6 rings (SSSR count). The van der Waals surface area contributed by atoms with Crippen LogP contribution < -0.4 is 15.4 Å². The van der Waals surface area contributed by atoms with Crippen LogP contribution in [0.2, 0.25) is 0 Å². The molecule has 0 radical (unpaired) electrons. The third-order valence-electron chi connectivity index (χ3n) is 6.15. The maximum atomic E-state index is 12.4. The van der Waals surface area contributed by atoms with Crippen molar-refractivity contribution in [1.82, 2.24) is 45.6 Å². The van der Waals surface area contributed by atoms with Crippen LogP contribution in [0.5, 0.6) is 11.8 Å². The molecule has 4 atom stereocenters. The van der Waals surface area contributed by atoms with Crippen LogP contribution in [0, 0.1) is 0 Å². The highest BCUT2D eigenvalue weighted by atomic mass is 16.6. The fourth-order valence-electron chi connectivity index (χ4n) is 4.38. The minimum atomic E-state index is -0.329. The summed E-state index contributed by atoms with van der Waals surface area (Å²) in [5.74, 6) is 0.562. The van der Waals surface area contributed by atoms with E-state index in [1.165, 1.54) is 6.33 Å². The van der Waals surface area contributed by atoms with Gasteiger partial charge in [0.05, 0.1) is 24.9 Å². The number of nitrogens with one attached hydrogen (secondary N) is 2. The van der Waals surface area contributed by atoms with Gasteiger partial charge < -0.3 is 24.8 Å². The second-order valence-electron chi connectivity index (χ2n) is 8.42. The molecule has 184 valence electrons. The average Bonchev–Trinajstić information content (AvgIpc) is 3.71. The first-order valence-electron chi connectivity index (χ1n) is 11.5. The monoisotopic (exact) mass is 489 g/mol. The number of hydrogen-bond donors (Lipinski definition) is 2. The summed E-state index contributed by atoms with van der Waals surface area (Å²) < 4.78 is 21.1. The Kier molecular flexibility index (Phi) is 5.97. The molecule has 13 heteroatoms. The zero-order chi connectivity index (χ0) is 24.3. The average molecular weight is 489 g/mol. The Balaban J connectivity index is 1.07. The highest BCUT2D eigenvalue weighted by Gasteiger charge is 2.50. The number of carbonyl (C=O) groups excluding carboxylic acids is 1. The minimum Gasteiger partial charge on any atom is -0.423 e. The predicted octanol–water partition coefficient (Wildman–Crippen LogP) is 1.25. The van der Waals surface area contributed by atoms with E-state index < -0.39 is 0 Å². The van der Waals surface area contributed by atoms with Crippen LogP contribution in [0.4, 0.5) is 4.79 Å². The summed E-state index contributed by atoms with van der Waals surface area (Å²) in [5, 5.41) is 21.8. The lowest BCUT2D eigenvalue weighted by atomic mass is 10.1. The number of hydrogen-bond acceptors (Lipinski definition) is 9. The van der Waals surface area contributed by atoms with Gasteiger partial charge in [-0.05, 0) is 40.3 Å². The predicted molar refractivity (Wildman–Crippen MR) is 123 cm³/mol. The Morgan fingerprint density at radius 3 is 2.69 bits per heavy atom. The molecule has 2 saturated heterocycles. The van der Waals surface area contributed by atoms with Gasteiger partial charge >= 0.3 is 12.0 Å². The van der Waals surface area contributed by atoms with E-state index in [4.69, 9.17) is 14.2 Å². The summed E-state index contributed by atoms with van der Waals surface area (Å²) in [5.41, 5.74) is 1.86. The number of urea groups is 1. The van der Waals surface area contributed by atoms with E-state index in [0.717, 1.165) is 11.3 Å². The fraction of sp³-hybridized carbons (Fsp3) is 0.304. The molecule has 2 aliphatic rings. The molecular weight excluding hydrogens is 466 g/mol. The van der Waals surface area contributed by atoms with E-state index in [1.807, 2.05) is 42.5 Å². The molecule has 4 aromatic rings. The Morgan fingerprint density at radius 2 is 1.89 bits per heavy atom. The van der Waals surface area contributed by atoms with Crippen LogP contribution in [0.1, 0.15) is 11.6 Å². The number of rotatable bonds is 7. The Hall–Kier alpha value is -4.36. The number of fused-ring (bicyclic) bond motifs is 1. The molecule has 2 aromatic heterocycles. The molecule has 0 aliphatic carbocycles. The minimum absolute atomic E-state index is 0.221. The van der Waals surface area contributed by atoms with Crippen LogP contribution in [0.15, 0.2) is 67.3 Å². The molecule has 2 aromatic carbocycles. The van der Waals surface area contributed by atoms with Crippen LogP contribution in [0.25, 0.3) is 5.69 Å². The number of carbonyl (C=O) groups is 1. The summed E-state index contributed by atoms with van der Waals surface area (Å²) in [6.45, 7) is 1.08. The van der Waals surface area contributed by atoms with E-state index in [0.29, 0.717) is 25.5 Å². The molecular formula is C23H23N9O4. The molecule has 2 aliphatic heterocycles. The normalized spacial score (nSPS) is 22.8. The topological polar surface area (TPSA) is 143 Å². The van der Waals surface area contributed by atoms with Gasteiger partial charge in [-0.25, -0.2) is 14.5 Å². The molecule has 2 amide bonds. The molecule has 2 N–H and O–H groups in total. The SMILES string of the molecule is O=C(NCc1ccccc1)NC1COC2C1OCC2n1nnnc1Oc1ccc(-n2cncn2)cc1. The Bertz CT molecular complexity index is 1300. The Labute approximate surface area is 205 Å². The third-order valence-corrected chi connectivity index (χ3v) is 6.15. The van der Waals surface area contributed by atoms with Gasteiger partial charge in [0, 0.05) is 6.54 Å². The molecule has 2 fully saturated rings. The van der Waals surface area contributed by atoms with Crippen molar-refractivity contribution in [2.75, 3.05) is 13.2 Å². The largest absolute Gasteiger partial charge is 0.423 e. The quantitative estimate of drug-likeness (QED) is 0.392. The zero-order valence-electron chi connectivity index (χ0n) is 19.0. The van der Waals surface area contributed by atoms with Crippen molar-refractivity contribution in [2.24, 2.45) is 0 Å². The first-order valence-corrected chi connectivity index (χ1v) is 11.5. The summed E-state index contributed by atoms with van der Waals surface area (Å²) in [4.78, 5) is 16.4. The maximum absolute atomic E-state index is 12.4. The number of tetrazole rings is 1. The Morgan fingerprint density at radius 1 is 1.06 bits per heavy atom. The van der Waals surface area contributed by atoms with E-state index in [-0.39, 0.29) is 36.3 Å². The van der Waals surface area contributed by atoms with E-state index in [1.54, 1.807) is 27.8 Å². The fourth-order valence-corrected chi connectivity index (χ4v) is 4.38. The van der Waals surface area contributed by atoms with Crippen molar-refractivity contribution in [2.45, 2.75) is 30.8 Å². The molecule has 0 bridgehead atoms. The van der Waals surface area contributed by atoms with E-state index in [2.05, 4.69) is 36.2 Å². The second kappa shape index (κ2) is 9.71. The first-order chi connectivity index (χ1) is 17.7. The highest BCUT2D eigenvalue weighted by Crippen LogP contribution is 2.36. The smallest absolute Gasteiger partial charge is 0.341 e. The van der Waals surface area contributed by atoms with Gasteiger partial charge in [-0.3, -0.25) is 0 Å². The van der Waals surface area contributed by atoms with Gasteiger partial charge in [-0.1, -0.05) is 35.4 Å². The standard InChI is InChI=1S/C23H23N9O4/c33-22(25-10-15-4-2-1-3-5-15)27-18-11-34-21-19(12-35-20(18)21)32-23(28-29-30-32)36-17-8-6-16(7-9-17)31-14-24-13-26-31/h1-9,13-14,18-21H,10-12H2,(H2,25,27,33). The number of nitrogens with zero attached hydrogens (tertiary/aromatic N) is 7. The summed E-state index contributed by atoms with van der Waals surface area (Å²) in [6, 6.07) is 16.4. The molecule has 4 heterocycles. The zero-order valence-corrected chi connectivity index (χ0v) is 19.0. The van der Waals surface area contributed by atoms with Crippen molar-refractivity contribution in [3.05, 3.63) is 72.8 Å². The summed E-state index contributed by atoms with van der Waals surface area (Å²) in [7, 11) is 0. The molecule has 36 heavy (non-hydrogen) atoms. The lowest BCUT2D eigenvalue weighted by molar-refractivity contribution is 0.0613. The van der Waals surface area contributed by atoms with Gasteiger partial charge in [-0.15, -0.1) is 0 Å². The lowest BCUT2D eigenvalue weighted by Gasteiger charge is -2.18. The molecule has 13 nitrogen and oxygen atoms in total. The van der Waals surface area contributed by atoms with Gasteiger partial charge in [0.25, 0.3) is 0 Å². The maximum Gasteiger partial charge on any atom is 0.341 e. The second-order valence-corrected chi connectivity index (χ2v) is 8.42. The van der Waals surface area contributed by atoms with Gasteiger partial charge in [-0.2, -0.15) is 9.78 Å². The van der Waals surface area contributed by atoms with E-state index >= 15 is 0 Å². The number of aromatic nitrogens is 7. The summed E-state index contributed by atoms with van der Waals surface area (Å²) >= 11 is 0. The first kappa shape index (κ1) is 22.1. The van der Waals surface area contributed by atoms with E-state index in [9.17, 15) is 4.79 Å². The van der Waals surface area contributed by atoms with Crippen molar-refractivity contribution in [1.29, 1.82) is 0 Å². The molecule has 4 unspecified atom stereocenters. The van der Waals surface area contributed by atoms with Gasteiger partial charge in [0.15, 0.2) is 0 Å². The number of benzene rings is 2. The van der Waals surface area contributed by atoms with Gasteiger partial charge in [0.1, 0.15) is 36.7 Å². The van der Waals surface area contributed by atoms with Crippen molar-refractivity contribution in [3.8, 4) is 17.4 Å². The van der Waals surface area contributed by atoms with Crippen LogP contribution in [-0.4, -0.2) is 72.5 Å². The van der Waals surface area contributed by atoms with Gasteiger partial charge in [0.2, 0.25) is 0 Å². The summed E-state index contributed by atoms with van der Waals surface area (Å²) in [6.07, 6.45) is 2.43. The van der Waals surface area contributed by atoms with Crippen LogP contribution in [0.3, 0.4) is 0 Å². The van der Waals surface area contributed by atoms with Crippen LogP contribution >= 0.6 is 0 Å². The molecule has 0 saturated carbocycles. The lowest BCUT2D eigenvalue weighted by Crippen LogP contribution is -2.48. The third kappa shape index (κ3) is 4.48. The van der Waals surface area contributed by atoms with Crippen molar-refractivity contribution in [3.63, 3.8) is 0 Å². The van der Waals surface area contributed by atoms with Crippen molar-refractivity contribution >= 4 is 6.03 Å². The van der Waals surface area contributed by atoms with Crippen LogP contribution in [-0.2, 0) is 16.0 Å². The molecule has 0 spiro atoms. The number of amides is 2. The van der Waals surface area contributed by atoms with Crippen molar-refractivity contribution < 1.29 is 19.0 Å². The highest BCUT2D eigenvalue weighted by molar-refractivity contribution is 5.74.